The Kier molecular flexibility index (Phi) is 5.84. The highest BCUT2D eigenvalue weighted by Crippen LogP contribution is 2.16. The molecule has 0 heterocycles. The zero-order valence-corrected chi connectivity index (χ0v) is 14.7. The lowest BCUT2D eigenvalue weighted by Crippen LogP contribution is -2.08. The molecule has 1 N–H and O–H groups in total. The minimum Gasteiger partial charge on any atom is -0.489 e. The lowest BCUT2D eigenvalue weighted by Gasteiger charge is -2.06. The predicted molar refractivity (Wildman–Crippen MR) is 106 cm³/mol. The molecule has 0 atom stereocenters. The number of aryl methyl sites for hydroxylation is 1. The van der Waals surface area contributed by atoms with Crippen molar-refractivity contribution in [1.82, 2.24) is 0 Å². The summed E-state index contributed by atoms with van der Waals surface area (Å²) in [5, 5.41) is 2.88. The lowest BCUT2D eigenvalue weighted by molar-refractivity contribution is -0.111. The number of anilines is 1. The molecule has 3 aromatic rings. The number of amides is 1. The van der Waals surface area contributed by atoms with Crippen LogP contribution in [-0.4, -0.2) is 5.91 Å². The molecular formula is C23H21NO2. The number of carbonyl (C=O) groups is 1. The Morgan fingerprint density at radius 2 is 1.62 bits per heavy atom. The number of para-hydroxylation sites is 1. The van der Waals surface area contributed by atoms with E-state index in [9.17, 15) is 4.79 Å². The van der Waals surface area contributed by atoms with Gasteiger partial charge in [0, 0.05) is 11.8 Å². The molecule has 0 aliphatic heterocycles. The SMILES string of the molecule is Cc1ccccc1NC(=O)/C=C/c1ccc(OCc2ccccc2)cc1. The molecule has 0 aliphatic rings. The van der Waals surface area contributed by atoms with E-state index >= 15 is 0 Å². The Morgan fingerprint density at radius 3 is 2.35 bits per heavy atom. The van der Waals surface area contributed by atoms with Crippen molar-refractivity contribution in [3.05, 3.63) is 102 Å². The minimum atomic E-state index is -0.149. The second-order valence-electron chi connectivity index (χ2n) is 5.98. The van der Waals surface area contributed by atoms with Gasteiger partial charge in [-0.1, -0.05) is 60.7 Å². The average Bonchev–Trinajstić information content (AvgIpc) is 2.68. The van der Waals surface area contributed by atoms with E-state index in [1.807, 2.05) is 85.8 Å². The van der Waals surface area contributed by atoms with Crippen LogP contribution in [0.5, 0.6) is 5.75 Å². The van der Waals surface area contributed by atoms with Crippen LogP contribution in [0.25, 0.3) is 6.08 Å². The van der Waals surface area contributed by atoms with E-state index in [4.69, 9.17) is 4.74 Å². The van der Waals surface area contributed by atoms with Crippen LogP contribution < -0.4 is 10.1 Å². The Bertz CT molecular complexity index is 884. The molecule has 0 radical (unpaired) electrons. The smallest absolute Gasteiger partial charge is 0.248 e. The molecule has 0 spiro atoms. The fourth-order valence-electron chi connectivity index (χ4n) is 2.48. The summed E-state index contributed by atoms with van der Waals surface area (Å²) < 4.78 is 5.76. The fraction of sp³-hybridized carbons (Fsp3) is 0.0870. The number of rotatable bonds is 6. The number of hydrogen-bond acceptors (Lipinski definition) is 2. The van der Waals surface area contributed by atoms with Gasteiger partial charge in [0.1, 0.15) is 12.4 Å². The summed E-state index contributed by atoms with van der Waals surface area (Å²) >= 11 is 0. The van der Waals surface area contributed by atoms with Gasteiger partial charge >= 0.3 is 0 Å². The second-order valence-corrected chi connectivity index (χ2v) is 5.98. The summed E-state index contributed by atoms with van der Waals surface area (Å²) in [4.78, 5) is 12.0. The maximum atomic E-state index is 12.0. The van der Waals surface area contributed by atoms with Gasteiger partial charge in [-0.05, 0) is 47.9 Å². The summed E-state index contributed by atoms with van der Waals surface area (Å²) in [6, 6.07) is 25.4. The van der Waals surface area contributed by atoms with Gasteiger partial charge < -0.3 is 10.1 Å². The van der Waals surface area contributed by atoms with Crippen molar-refractivity contribution in [1.29, 1.82) is 0 Å². The first-order chi connectivity index (χ1) is 12.7. The van der Waals surface area contributed by atoms with Crippen LogP contribution in [0.4, 0.5) is 5.69 Å². The van der Waals surface area contributed by atoms with Gasteiger partial charge in [0.2, 0.25) is 5.91 Å². The third kappa shape index (κ3) is 5.08. The van der Waals surface area contributed by atoms with E-state index in [2.05, 4.69) is 5.32 Å². The van der Waals surface area contributed by atoms with Crippen molar-refractivity contribution in [2.75, 3.05) is 5.32 Å². The molecule has 1 amide bonds. The standard InChI is InChI=1S/C23H21NO2/c1-18-7-5-6-10-22(18)24-23(25)16-13-19-11-14-21(15-12-19)26-17-20-8-3-2-4-9-20/h2-16H,17H2,1H3,(H,24,25)/b16-13+. The molecule has 130 valence electrons. The highest BCUT2D eigenvalue weighted by atomic mass is 16.5. The normalized spacial score (nSPS) is 10.7. The Labute approximate surface area is 154 Å². The van der Waals surface area contributed by atoms with Crippen LogP contribution in [0.2, 0.25) is 0 Å². The zero-order chi connectivity index (χ0) is 18.2. The molecule has 0 aromatic heterocycles. The van der Waals surface area contributed by atoms with Crippen molar-refractivity contribution in [2.45, 2.75) is 13.5 Å². The third-order valence-electron chi connectivity index (χ3n) is 3.96. The summed E-state index contributed by atoms with van der Waals surface area (Å²) in [5.41, 5.74) is 3.93. The van der Waals surface area contributed by atoms with Gasteiger partial charge in [0.25, 0.3) is 0 Å². The largest absolute Gasteiger partial charge is 0.489 e. The van der Waals surface area contributed by atoms with Crippen molar-refractivity contribution < 1.29 is 9.53 Å². The summed E-state index contributed by atoms with van der Waals surface area (Å²) in [6.45, 7) is 2.50. The van der Waals surface area contributed by atoms with Crippen molar-refractivity contribution in [3.63, 3.8) is 0 Å². The Hall–Kier alpha value is -3.33. The minimum absolute atomic E-state index is 0.149. The van der Waals surface area contributed by atoms with Crippen LogP contribution >= 0.6 is 0 Å². The molecule has 3 nitrogen and oxygen atoms in total. The van der Waals surface area contributed by atoms with Crippen LogP contribution in [0.3, 0.4) is 0 Å². The monoisotopic (exact) mass is 343 g/mol. The zero-order valence-electron chi connectivity index (χ0n) is 14.7. The third-order valence-corrected chi connectivity index (χ3v) is 3.96. The molecular weight excluding hydrogens is 322 g/mol. The van der Waals surface area contributed by atoms with E-state index in [1.165, 1.54) is 6.08 Å². The second kappa shape index (κ2) is 8.67. The van der Waals surface area contributed by atoms with Gasteiger partial charge in [-0.15, -0.1) is 0 Å². The Balaban J connectivity index is 1.54. The molecule has 0 fully saturated rings. The molecule has 0 bridgehead atoms. The summed E-state index contributed by atoms with van der Waals surface area (Å²) in [7, 11) is 0. The first-order valence-corrected chi connectivity index (χ1v) is 8.52. The van der Waals surface area contributed by atoms with Gasteiger partial charge in [0.05, 0.1) is 0 Å². The van der Waals surface area contributed by atoms with E-state index < -0.39 is 0 Å². The molecule has 0 saturated carbocycles. The van der Waals surface area contributed by atoms with Crippen LogP contribution in [0.1, 0.15) is 16.7 Å². The number of ether oxygens (including phenoxy) is 1. The number of carbonyl (C=O) groups excluding carboxylic acids is 1. The molecule has 0 aliphatic carbocycles. The van der Waals surface area contributed by atoms with Crippen molar-refractivity contribution >= 4 is 17.7 Å². The summed E-state index contributed by atoms with van der Waals surface area (Å²) in [6.07, 6.45) is 3.32. The number of hydrogen-bond donors (Lipinski definition) is 1. The maximum Gasteiger partial charge on any atom is 0.248 e. The molecule has 26 heavy (non-hydrogen) atoms. The van der Waals surface area contributed by atoms with Gasteiger partial charge in [-0.2, -0.15) is 0 Å². The molecule has 3 heteroatoms. The lowest BCUT2D eigenvalue weighted by atomic mass is 10.2. The molecule has 3 rings (SSSR count). The first kappa shape index (κ1) is 17.5. The molecule has 0 unspecified atom stereocenters. The highest BCUT2D eigenvalue weighted by Gasteiger charge is 2.00. The Morgan fingerprint density at radius 1 is 0.923 bits per heavy atom. The maximum absolute atomic E-state index is 12.0. The average molecular weight is 343 g/mol. The first-order valence-electron chi connectivity index (χ1n) is 8.52. The van der Waals surface area contributed by atoms with E-state index in [-0.39, 0.29) is 5.91 Å². The molecule has 0 saturated heterocycles. The quantitative estimate of drug-likeness (QED) is 0.623. The van der Waals surface area contributed by atoms with E-state index in [0.717, 1.165) is 28.1 Å². The van der Waals surface area contributed by atoms with Gasteiger partial charge in [0.15, 0.2) is 0 Å². The fourth-order valence-corrected chi connectivity index (χ4v) is 2.48. The summed E-state index contributed by atoms with van der Waals surface area (Å²) in [5.74, 6) is 0.652. The van der Waals surface area contributed by atoms with Crippen LogP contribution in [-0.2, 0) is 11.4 Å². The predicted octanol–water partition coefficient (Wildman–Crippen LogP) is 5.23. The van der Waals surface area contributed by atoms with Crippen molar-refractivity contribution in [2.24, 2.45) is 0 Å². The van der Waals surface area contributed by atoms with Crippen molar-refractivity contribution in [3.8, 4) is 5.75 Å². The topological polar surface area (TPSA) is 38.3 Å². The van der Waals surface area contributed by atoms with E-state index in [1.54, 1.807) is 6.08 Å². The van der Waals surface area contributed by atoms with Crippen LogP contribution in [0, 0.1) is 6.92 Å². The van der Waals surface area contributed by atoms with Crippen LogP contribution in [0.15, 0.2) is 84.9 Å². The number of nitrogens with one attached hydrogen (secondary N) is 1. The van der Waals surface area contributed by atoms with Gasteiger partial charge in [-0.3, -0.25) is 4.79 Å². The highest BCUT2D eigenvalue weighted by molar-refractivity contribution is 6.02. The van der Waals surface area contributed by atoms with Gasteiger partial charge in [-0.25, -0.2) is 0 Å². The number of benzene rings is 3. The van der Waals surface area contributed by atoms with E-state index in [0.29, 0.717) is 6.61 Å². The molecule has 3 aromatic carbocycles.